The van der Waals surface area contributed by atoms with Gasteiger partial charge in [-0.1, -0.05) is 0 Å². The summed E-state index contributed by atoms with van der Waals surface area (Å²) in [6.07, 6.45) is 2.60. The Balaban J connectivity index is 2.07. The van der Waals surface area contributed by atoms with Gasteiger partial charge in [-0.25, -0.2) is 4.79 Å². The molecule has 7 nitrogen and oxygen atoms in total. The number of ether oxygens (including phenoxy) is 2. The van der Waals surface area contributed by atoms with Gasteiger partial charge in [-0.2, -0.15) is 0 Å². The summed E-state index contributed by atoms with van der Waals surface area (Å²) in [4.78, 5) is 30.1. The van der Waals surface area contributed by atoms with Crippen LogP contribution in [0, 0.1) is 0 Å². The van der Waals surface area contributed by atoms with Crippen molar-refractivity contribution in [1.29, 1.82) is 0 Å². The Kier molecular flexibility index (Phi) is 5.35. The number of hydrogen-bond acceptors (Lipinski definition) is 6. The lowest BCUT2D eigenvalue weighted by atomic mass is 10.2. The summed E-state index contributed by atoms with van der Waals surface area (Å²) in [5, 5.41) is 2.76. The zero-order chi connectivity index (χ0) is 17.0. The number of nitrogens with one attached hydrogen (secondary N) is 1. The van der Waals surface area contributed by atoms with Gasteiger partial charge in [0.05, 0.1) is 19.2 Å². The van der Waals surface area contributed by atoms with Gasteiger partial charge in [0.2, 0.25) is 5.91 Å². The predicted molar refractivity (Wildman–Crippen MR) is 88.6 cm³/mol. The number of carbonyl (C=O) groups excluding carboxylic acids is 2. The molecule has 2 amide bonds. The molecular weight excluding hydrogens is 318 g/mol. The van der Waals surface area contributed by atoms with Gasteiger partial charge in [-0.15, -0.1) is 11.8 Å². The second-order valence-corrected chi connectivity index (χ2v) is 7.03. The summed E-state index contributed by atoms with van der Waals surface area (Å²) in [6, 6.07) is 1.07. The fourth-order valence-corrected chi connectivity index (χ4v) is 3.17. The Labute approximate surface area is 139 Å². The van der Waals surface area contributed by atoms with Gasteiger partial charge in [0.1, 0.15) is 23.1 Å². The lowest BCUT2D eigenvalue weighted by molar-refractivity contribution is -0.120. The molecule has 23 heavy (non-hydrogen) atoms. The molecule has 0 spiro atoms. The van der Waals surface area contributed by atoms with E-state index in [-0.39, 0.29) is 5.91 Å². The molecule has 0 radical (unpaired) electrons. The average molecular weight is 339 g/mol. The predicted octanol–water partition coefficient (Wildman–Crippen LogP) is 2.34. The third kappa shape index (κ3) is 4.51. The van der Waals surface area contributed by atoms with Crippen LogP contribution in [0.15, 0.2) is 18.5 Å². The van der Waals surface area contributed by atoms with Gasteiger partial charge in [-0.3, -0.25) is 14.7 Å². The summed E-state index contributed by atoms with van der Waals surface area (Å²) in [7, 11) is 1.52. The first-order valence-corrected chi connectivity index (χ1v) is 8.33. The molecule has 1 saturated heterocycles. The first kappa shape index (κ1) is 17.4. The maximum Gasteiger partial charge on any atom is 0.411 e. The van der Waals surface area contributed by atoms with Gasteiger partial charge >= 0.3 is 6.09 Å². The molecule has 1 N–H and O–H groups in total. The van der Waals surface area contributed by atoms with Crippen molar-refractivity contribution < 1.29 is 19.1 Å². The second-order valence-electron chi connectivity index (χ2n) is 6.03. The maximum atomic E-state index is 12.5. The zero-order valence-corrected chi connectivity index (χ0v) is 14.5. The summed E-state index contributed by atoms with van der Waals surface area (Å²) < 4.78 is 10.5. The van der Waals surface area contributed by atoms with Crippen LogP contribution >= 0.6 is 11.8 Å². The molecule has 0 aliphatic carbocycles. The Morgan fingerprint density at radius 3 is 2.83 bits per heavy atom. The summed E-state index contributed by atoms with van der Waals surface area (Å²) in [5.41, 5.74) is -0.126. The number of hydrogen-bond donors (Lipinski definition) is 1. The average Bonchev–Trinajstić information content (AvgIpc) is 2.95. The largest absolute Gasteiger partial charge is 0.494 e. The number of rotatable bonds is 3. The van der Waals surface area contributed by atoms with Crippen LogP contribution in [0.3, 0.4) is 0 Å². The number of nitrogens with zero attached hydrogens (tertiary/aromatic N) is 2. The van der Waals surface area contributed by atoms with Crippen LogP contribution < -0.4 is 10.1 Å². The van der Waals surface area contributed by atoms with Crippen molar-refractivity contribution in [2.24, 2.45) is 0 Å². The zero-order valence-electron chi connectivity index (χ0n) is 13.7. The molecule has 2 rings (SSSR count). The highest BCUT2D eigenvalue weighted by molar-refractivity contribution is 7.99. The van der Waals surface area contributed by atoms with E-state index in [0.717, 1.165) is 0 Å². The van der Waals surface area contributed by atoms with Crippen LogP contribution in [0.1, 0.15) is 20.8 Å². The first-order chi connectivity index (χ1) is 10.8. The second kappa shape index (κ2) is 7.08. The van der Waals surface area contributed by atoms with Gasteiger partial charge in [-0.05, 0) is 20.8 Å². The van der Waals surface area contributed by atoms with Crippen molar-refractivity contribution in [3.05, 3.63) is 18.5 Å². The topological polar surface area (TPSA) is 80.8 Å². The van der Waals surface area contributed by atoms with Crippen LogP contribution in [-0.2, 0) is 9.53 Å². The molecular formula is C15H21N3O4S. The number of aromatic nitrogens is 1. The quantitative estimate of drug-likeness (QED) is 0.910. The molecule has 1 aromatic rings. The number of pyridine rings is 1. The summed E-state index contributed by atoms with van der Waals surface area (Å²) in [6.45, 7) is 5.39. The molecule has 2 heterocycles. The highest BCUT2D eigenvalue weighted by atomic mass is 32.2. The van der Waals surface area contributed by atoms with Gasteiger partial charge < -0.3 is 14.8 Å². The van der Waals surface area contributed by atoms with Crippen molar-refractivity contribution in [3.8, 4) is 5.75 Å². The molecule has 1 aliphatic rings. The standard InChI is InChI=1S/C15H21N3O4S/c1-15(2,3)22-14(20)18-9-23-8-11(18)13(19)17-10-7-16-6-5-12(10)21-4/h5-7,11H,8-9H2,1-4H3,(H,17,19)/t11-/m0/s1. The van der Waals surface area contributed by atoms with Gasteiger partial charge in [0, 0.05) is 18.0 Å². The third-order valence-corrected chi connectivity index (χ3v) is 4.08. The van der Waals surface area contributed by atoms with Crippen LogP contribution in [0.2, 0.25) is 0 Å². The van der Waals surface area contributed by atoms with Gasteiger partial charge in [0.25, 0.3) is 0 Å². The number of anilines is 1. The Hall–Kier alpha value is -1.96. The fraction of sp³-hybridized carbons (Fsp3) is 0.533. The van der Waals surface area contributed by atoms with Crippen LogP contribution in [0.5, 0.6) is 5.75 Å². The molecule has 1 aliphatic heterocycles. The van der Waals surface area contributed by atoms with E-state index in [4.69, 9.17) is 9.47 Å². The van der Waals surface area contributed by atoms with E-state index in [2.05, 4.69) is 10.3 Å². The Morgan fingerprint density at radius 1 is 1.43 bits per heavy atom. The lowest BCUT2D eigenvalue weighted by Gasteiger charge is -2.27. The Morgan fingerprint density at radius 2 is 2.17 bits per heavy atom. The summed E-state index contributed by atoms with van der Waals surface area (Å²) >= 11 is 1.51. The van der Waals surface area contributed by atoms with E-state index < -0.39 is 17.7 Å². The Bertz CT molecular complexity index is 588. The van der Waals surface area contributed by atoms with Crippen LogP contribution in [0.25, 0.3) is 0 Å². The van der Waals surface area contributed by atoms with Crippen LogP contribution in [-0.4, -0.2) is 52.3 Å². The molecule has 0 bridgehead atoms. The van der Waals surface area contributed by atoms with Crippen molar-refractivity contribution in [2.45, 2.75) is 32.4 Å². The lowest BCUT2D eigenvalue weighted by Crippen LogP contribution is -2.46. The van der Waals surface area contributed by atoms with E-state index in [1.165, 1.54) is 30.0 Å². The molecule has 126 valence electrons. The number of carbonyl (C=O) groups is 2. The minimum Gasteiger partial charge on any atom is -0.494 e. The fourth-order valence-electron chi connectivity index (χ4n) is 2.03. The van der Waals surface area contributed by atoms with Crippen molar-refractivity contribution >= 4 is 29.4 Å². The van der Waals surface area contributed by atoms with Crippen molar-refractivity contribution in [1.82, 2.24) is 9.88 Å². The first-order valence-electron chi connectivity index (χ1n) is 7.18. The SMILES string of the molecule is COc1ccncc1NC(=O)[C@@H]1CSCN1C(=O)OC(C)(C)C. The molecule has 0 unspecified atom stereocenters. The minimum absolute atomic E-state index is 0.285. The smallest absolute Gasteiger partial charge is 0.411 e. The molecule has 1 fully saturated rings. The van der Waals surface area contributed by atoms with E-state index in [9.17, 15) is 9.59 Å². The van der Waals surface area contributed by atoms with E-state index in [0.29, 0.717) is 23.1 Å². The third-order valence-electron chi connectivity index (χ3n) is 3.07. The van der Waals surface area contributed by atoms with Crippen molar-refractivity contribution in [3.63, 3.8) is 0 Å². The molecule has 0 aromatic carbocycles. The van der Waals surface area contributed by atoms with Crippen molar-refractivity contribution in [2.75, 3.05) is 24.1 Å². The number of methoxy groups -OCH3 is 1. The van der Waals surface area contributed by atoms with Gasteiger partial charge in [0.15, 0.2) is 0 Å². The van der Waals surface area contributed by atoms with E-state index >= 15 is 0 Å². The molecule has 8 heteroatoms. The maximum absolute atomic E-state index is 12.5. The molecule has 0 saturated carbocycles. The number of amides is 2. The minimum atomic E-state index is -0.599. The van der Waals surface area contributed by atoms with Crippen LogP contribution in [0.4, 0.5) is 10.5 Å². The normalized spacial score (nSPS) is 17.7. The number of thioether (sulfide) groups is 1. The molecule has 1 aromatic heterocycles. The van der Waals surface area contributed by atoms with E-state index in [1.807, 2.05) is 0 Å². The molecule has 1 atom stereocenters. The highest BCUT2D eigenvalue weighted by Crippen LogP contribution is 2.27. The monoisotopic (exact) mass is 339 g/mol. The van der Waals surface area contributed by atoms with E-state index in [1.54, 1.807) is 33.0 Å². The summed E-state index contributed by atoms with van der Waals surface area (Å²) in [5.74, 6) is 1.18. The highest BCUT2D eigenvalue weighted by Gasteiger charge is 2.37.